The van der Waals surface area contributed by atoms with Crippen LogP contribution in [0, 0.1) is 5.92 Å². The zero-order valence-electron chi connectivity index (χ0n) is 8.87. The van der Waals surface area contributed by atoms with E-state index in [2.05, 4.69) is 10.6 Å². The van der Waals surface area contributed by atoms with Crippen LogP contribution in [0.2, 0.25) is 0 Å². The van der Waals surface area contributed by atoms with Gasteiger partial charge in [0.2, 0.25) is 5.91 Å². The Morgan fingerprint density at radius 1 is 1.27 bits per heavy atom. The first-order chi connectivity index (χ1) is 7.34. The van der Waals surface area contributed by atoms with Crippen LogP contribution in [0.25, 0.3) is 0 Å². The summed E-state index contributed by atoms with van der Waals surface area (Å²) in [6.45, 7) is 1.67. The van der Waals surface area contributed by atoms with Gasteiger partial charge in [0.05, 0.1) is 12.1 Å². The summed E-state index contributed by atoms with van der Waals surface area (Å²) < 4.78 is 5.74. The van der Waals surface area contributed by atoms with E-state index < -0.39 is 0 Å². The van der Waals surface area contributed by atoms with Gasteiger partial charge in [0.15, 0.2) is 0 Å². The predicted octanol–water partition coefficient (Wildman–Crippen LogP) is 0.0320. The molecule has 3 unspecified atom stereocenters. The summed E-state index contributed by atoms with van der Waals surface area (Å²) in [6, 6.07) is 0.435. The largest absolute Gasteiger partial charge is 0.376 e. The Morgan fingerprint density at radius 2 is 2.13 bits per heavy atom. The van der Waals surface area contributed by atoms with Gasteiger partial charge in [-0.25, -0.2) is 0 Å². The molecule has 84 valence electrons. The fourth-order valence-electron chi connectivity index (χ4n) is 2.69. The van der Waals surface area contributed by atoms with Crippen molar-refractivity contribution < 1.29 is 9.53 Å². The Balaban J connectivity index is 1.59. The molecule has 2 heterocycles. The molecule has 15 heavy (non-hydrogen) atoms. The van der Waals surface area contributed by atoms with Crippen molar-refractivity contribution in [1.29, 1.82) is 0 Å². The minimum absolute atomic E-state index is 0.0259. The summed E-state index contributed by atoms with van der Waals surface area (Å²) in [5.41, 5.74) is 0. The molecular weight excluding hydrogens is 192 g/mol. The van der Waals surface area contributed by atoms with Gasteiger partial charge in [0.25, 0.3) is 0 Å². The van der Waals surface area contributed by atoms with E-state index in [1.807, 2.05) is 0 Å². The van der Waals surface area contributed by atoms with E-state index in [0.717, 1.165) is 31.9 Å². The van der Waals surface area contributed by atoms with Crippen LogP contribution in [-0.4, -0.2) is 37.2 Å². The molecule has 2 aliphatic heterocycles. The van der Waals surface area contributed by atoms with Crippen molar-refractivity contribution in [3.8, 4) is 0 Å². The molecule has 0 aromatic rings. The number of hydrogen-bond donors (Lipinski definition) is 2. The van der Waals surface area contributed by atoms with Crippen LogP contribution in [-0.2, 0) is 9.53 Å². The standard InChI is InChI=1S/C11H18N2O2/c14-11-9(3-5-12-11)13-8-4-6-15-10(8)7-1-2-7/h7-10,13H,1-6H2,(H,12,14). The Hall–Kier alpha value is -0.610. The maximum Gasteiger partial charge on any atom is 0.237 e. The third kappa shape index (κ3) is 1.88. The van der Waals surface area contributed by atoms with Crippen molar-refractivity contribution in [2.24, 2.45) is 5.92 Å². The lowest BCUT2D eigenvalue weighted by molar-refractivity contribution is -0.121. The lowest BCUT2D eigenvalue weighted by Crippen LogP contribution is -2.46. The number of ether oxygens (including phenoxy) is 1. The van der Waals surface area contributed by atoms with E-state index in [4.69, 9.17) is 4.74 Å². The molecule has 3 rings (SSSR count). The third-order valence-corrected chi connectivity index (χ3v) is 3.69. The number of nitrogens with one attached hydrogen (secondary N) is 2. The molecule has 4 heteroatoms. The Kier molecular flexibility index (Phi) is 2.41. The molecule has 0 aromatic heterocycles. The topological polar surface area (TPSA) is 50.4 Å². The zero-order valence-corrected chi connectivity index (χ0v) is 8.87. The number of carbonyl (C=O) groups is 1. The highest BCUT2D eigenvalue weighted by atomic mass is 16.5. The van der Waals surface area contributed by atoms with Gasteiger partial charge in [-0.3, -0.25) is 4.79 Å². The van der Waals surface area contributed by atoms with Gasteiger partial charge in [-0.15, -0.1) is 0 Å². The number of hydrogen-bond acceptors (Lipinski definition) is 3. The van der Waals surface area contributed by atoms with Gasteiger partial charge < -0.3 is 15.4 Å². The summed E-state index contributed by atoms with van der Waals surface area (Å²) in [5, 5.41) is 6.32. The molecule has 1 saturated carbocycles. The second-order valence-corrected chi connectivity index (χ2v) is 4.87. The van der Waals surface area contributed by atoms with Crippen LogP contribution >= 0.6 is 0 Å². The van der Waals surface area contributed by atoms with Crippen molar-refractivity contribution in [2.75, 3.05) is 13.2 Å². The first kappa shape index (κ1) is 9.60. The summed E-state index contributed by atoms with van der Waals surface area (Å²) >= 11 is 0. The van der Waals surface area contributed by atoms with Gasteiger partial charge in [0, 0.05) is 19.2 Å². The van der Waals surface area contributed by atoms with Crippen molar-refractivity contribution in [1.82, 2.24) is 10.6 Å². The van der Waals surface area contributed by atoms with Gasteiger partial charge in [-0.1, -0.05) is 0 Å². The van der Waals surface area contributed by atoms with Gasteiger partial charge in [-0.05, 0) is 31.6 Å². The zero-order chi connectivity index (χ0) is 10.3. The van der Waals surface area contributed by atoms with E-state index in [9.17, 15) is 4.79 Å². The average molecular weight is 210 g/mol. The molecule has 0 spiro atoms. The minimum atomic E-state index is 0.0259. The second-order valence-electron chi connectivity index (χ2n) is 4.87. The fraction of sp³-hybridized carbons (Fsp3) is 0.909. The molecule has 3 fully saturated rings. The van der Waals surface area contributed by atoms with Gasteiger partial charge in [-0.2, -0.15) is 0 Å². The van der Waals surface area contributed by atoms with Crippen molar-refractivity contribution in [3.05, 3.63) is 0 Å². The molecule has 3 atom stereocenters. The molecule has 0 aromatic carbocycles. The van der Waals surface area contributed by atoms with E-state index in [1.54, 1.807) is 0 Å². The smallest absolute Gasteiger partial charge is 0.237 e. The lowest BCUT2D eigenvalue weighted by atomic mass is 10.0. The maximum absolute atomic E-state index is 11.4. The quantitative estimate of drug-likeness (QED) is 0.691. The van der Waals surface area contributed by atoms with E-state index in [1.165, 1.54) is 12.8 Å². The monoisotopic (exact) mass is 210 g/mol. The lowest BCUT2D eigenvalue weighted by Gasteiger charge is -2.22. The summed E-state index contributed by atoms with van der Waals surface area (Å²) in [5.74, 6) is 0.922. The summed E-state index contributed by atoms with van der Waals surface area (Å²) in [7, 11) is 0. The van der Waals surface area contributed by atoms with Crippen LogP contribution in [0.3, 0.4) is 0 Å². The molecule has 4 nitrogen and oxygen atoms in total. The molecule has 0 radical (unpaired) electrons. The molecular formula is C11H18N2O2. The normalized spacial score (nSPS) is 40.8. The second kappa shape index (κ2) is 3.76. The highest BCUT2D eigenvalue weighted by Gasteiger charge is 2.42. The molecule has 1 aliphatic carbocycles. The first-order valence-corrected chi connectivity index (χ1v) is 6.00. The van der Waals surface area contributed by atoms with Crippen molar-refractivity contribution in [2.45, 2.75) is 43.9 Å². The van der Waals surface area contributed by atoms with Crippen LogP contribution in [0.15, 0.2) is 0 Å². The number of amides is 1. The van der Waals surface area contributed by atoms with E-state index >= 15 is 0 Å². The molecule has 3 aliphatic rings. The van der Waals surface area contributed by atoms with Gasteiger partial charge in [0.1, 0.15) is 0 Å². The molecule has 2 N–H and O–H groups in total. The molecule has 1 amide bonds. The van der Waals surface area contributed by atoms with Crippen molar-refractivity contribution >= 4 is 5.91 Å². The average Bonchev–Trinajstić information content (AvgIpc) is 2.85. The van der Waals surface area contributed by atoms with Gasteiger partial charge >= 0.3 is 0 Å². The maximum atomic E-state index is 11.4. The van der Waals surface area contributed by atoms with Crippen LogP contribution in [0.5, 0.6) is 0 Å². The minimum Gasteiger partial charge on any atom is -0.376 e. The van der Waals surface area contributed by atoms with Crippen LogP contribution < -0.4 is 10.6 Å². The Bertz CT molecular complexity index is 265. The van der Waals surface area contributed by atoms with Crippen molar-refractivity contribution in [3.63, 3.8) is 0 Å². The highest BCUT2D eigenvalue weighted by molar-refractivity contribution is 5.83. The van der Waals surface area contributed by atoms with Crippen LogP contribution in [0.1, 0.15) is 25.7 Å². The van der Waals surface area contributed by atoms with E-state index in [0.29, 0.717) is 12.1 Å². The number of rotatable bonds is 3. The predicted molar refractivity (Wildman–Crippen MR) is 55.4 cm³/mol. The Morgan fingerprint density at radius 3 is 2.80 bits per heavy atom. The highest BCUT2D eigenvalue weighted by Crippen LogP contribution is 2.38. The Labute approximate surface area is 89.7 Å². The first-order valence-electron chi connectivity index (χ1n) is 6.00. The summed E-state index contributed by atoms with van der Waals surface area (Å²) in [6.07, 6.45) is 4.97. The summed E-state index contributed by atoms with van der Waals surface area (Å²) in [4.78, 5) is 11.4. The van der Waals surface area contributed by atoms with E-state index in [-0.39, 0.29) is 11.9 Å². The fourth-order valence-corrected chi connectivity index (χ4v) is 2.69. The van der Waals surface area contributed by atoms with Crippen LogP contribution in [0.4, 0.5) is 0 Å². The SMILES string of the molecule is O=C1NCCC1NC1CCOC1C1CC1. The molecule has 0 bridgehead atoms. The molecule has 2 saturated heterocycles. The third-order valence-electron chi connectivity index (χ3n) is 3.69. The number of carbonyl (C=O) groups excluding carboxylic acids is 1.